The van der Waals surface area contributed by atoms with Crippen molar-refractivity contribution < 1.29 is 4.39 Å². The summed E-state index contributed by atoms with van der Waals surface area (Å²) in [6.07, 6.45) is 1.98. The van der Waals surface area contributed by atoms with Crippen LogP contribution in [0.25, 0.3) is 0 Å². The van der Waals surface area contributed by atoms with Crippen LogP contribution in [0.15, 0.2) is 18.2 Å². The maximum absolute atomic E-state index is 13.1. The van der Waals surface area contributed by atoms with Crippen molar-refractivity contribution in [1.82, 2.24) is 0 Å². The van der Waals surface area contributed by atoms with E-state index in [2.05, 4.69) is 22.9 Å². The lowest BCUT2D eigenvalue weighted by molar-refractivity contribution is 0.615. The predicted molar refractivity (Wildman–Crippen MR) is 57.8 cm³/mol. The average molecular weight is 245 g/mol. The van der Waals surface area contributed by atoms with Crippen LogP contribution in [-0.4, -0.2) is 4.83 Å². The second-order valence-corrected chi connectivity index (χ2v) is 4.97. The molecule has 2 heteroatoms. The van der Waals surface area contributed by atoms with Gasteiger partial charge in [-0.2, -0.15) is 0 Å². The van der Waals surface area contributed by atoms with Crippen molar-refractivity contribution in [2.45, 2.75) is 31.5 Å². The lowest BCUT2D eigenvalue weighted by Crippen LogP contribution is -1.95. The van der Waals surface area contributed by atoms with Crippen molar-refractivity contribution in [3.05, 3.63) is 35.1 Å². The van der Waals surface area contributed by atoms with Gasteiger partial charge in [0.25, 0.3) is 0 Å². The molecule has 0 amide bonds. The number of rotatable bonds is 3. The summed E-state index contributed by atoms with van der Waals surface area (Å²) in [6.45, 7) is 3.89. The molecule has 0 heterocycles. The maximum Gasteiger partial charge on any atom is 0.126 e. The minimum absolute atomic E-state index is 0.0975. The third-order valence-electron chi connectivity index (χ3n) is 2.07. The normalized spacial score (nSPS) is 12.9. The Bertz CT molecular complexity index is 281. The molecule has 0 aliphatic heterocycles. The van der Waals surface area contributed by atoms with Gasteiger partial charge < -0.3 is 0 Å². The zero-order chi connectivity index (χ0) is 9.84. The standard InChI is InChI=1S/C11H14BrF/c1-8-3-5-10(7-11(8)13)6-4-9(2)12/h3,5,7,9H,4,6H2,1-2H3. The summed E-state index contributed by atoms with van der Waals surface area (Å²) in [5, 5.41) is 0. The Balaban J connectivity index is 2.63. The van der Waals surface area contributed by atoms with Gasteiger partial charge >= 0.3 is 0 Å². The molecular formula is C11H14BrF. The second-order valence-electron chi connectivity index (χ2n) is 3.40. The van der Waals surface area contributed by atoms with Crippen molar-refractivity contribution in [2.24, 2.45) is 0 Å². The molecule has 13 heavy (non-hydrogen) atoms. The van der Waals surface area contributed by atoms with Crippen molar-refractivity contribution in [3.63, 3.8) is 0 Å². The predicted octanol–water partition coefficient (Wildman–Crippen LogP) is 3.85. The zero-order valence-corrected chi connectivity index (χ0v) is 9.57. The first kappa shape index (κ1) is 10.7. The molecule has 0 fully saturated rings. The number of aryl methyl sites for hydroxylation is 2. The molecule has 1 aromatic carbocycles. The van der Waals surface area contributed by atoms with Crippen LogP contribution < -0.4 is 0 Å². The van der Waals surface area contributed by atoms with E-state index in [0.717, 1.165) is 24.0 Å². The number of hydrogen-bond donors (Lipinski definition) is 0. The molecule has 1 unspecified atom stereocenters. The molecule has 0 radical (unpaired) electrons. The van der Waals surface area contributed by atoms with E-state index < -0.39 is 0 Å². The van der Waals surface area contributed by atoms with Gasteiger partial charge in [0.1, 0.15) is 5.82 Å². The first-order valence-corrected chi connectivity index (χ1v) is 5.40. The van der Waals surface area contributed by atoms with Crippen LogP contribution in [0.3, 0.4) is 0 Å². The first-order valence-electron chi connectivity index (χ1n) is 4.48. The fraction of sp³-hybridized carbons (Fsp3) is 0.455. The van der Waals surface area contributed by atoms with E-state index in [9.17, 15) is 4.39 Å². The molecule has 0 N–H and O–H groups in total. The highest BCUT2D eigenvalue weighted by Gasteiger charge is 2.01. The molecule has 0 spiro atoms. The minimum Gasteiger partial charge on any atom is -0.207 e. The summed E-state index contributed by atoms with van der Waals surface area (Å²) in [5.41, 5.74) is 1.80. The van der Waals surface area contributed by atoms with Crippen LogP contribution in [-0.2, 0) is 6.42 Å². The molecular weight excluding hydrogens is 231 g/mol. The van der Waals surface area contributed by atoms with E-state index in [1.54, 1.807) is 13.0 Å². The van der Waals surface area contributed by atoms with Crippen LogP contribution in [0.1, 0.15) is 24.5 Å². The summed E-state index contributed by atoms with van der Waals surface area (Å²) >= 11 is 3.47. The summed E-state index contributed by atoms with van der Waals surface area (Å²) in [6, 6.07) is 5.46. The fourth-order valence-corrected chi connectivity index (χ4v) is 1.39. The van der Waals surface area contributed by atoms with E-state index in [-0.39, 0.29) is 5.82 Å². The van der Waals surface area contributed by atoms with Crippen molar-refractivity contribution in [1.29, 1.82) is 0 Å². The Labute approximate surface area is 87.3 Å². The lowest BCUT2D eigenvalue weighted by atomic mass is 10.1. The van der Waals surface area contributed by atoms with E-state index in [4.69, 9.17) is 0 Å². The Kier molecular flexibility index (Phi) is 3.91. The highest BCUT2D eigenvalue weighted by molar-refractivity contribution is 9.09. The minimum atomic E-state index is -0.0975. The Morgan fingerprint density at radius 3 is 2.69 bits per heavy atom. The van der Waals surface area contributed by atoms with Gasteiger partial charge in [-0.1, -0.05) is 35.0 Å². The third kappa shape index (κ3) is 3.47. The van der Waals surface area contributed by atoms with Crippen molar-refractivity contribution >= 4 is 15.9 Å². The van der Waals surface area contributed by atoms with E-state index in [0.29, 0.717) is 4.83 Å². The zero-order valence-electron chi connectivity index (χ0n) is 7.98. The molecule has 1 rings (SSSR count). The van der Waals surface area contributed by atoms with E-state index >= 15 is 0 Å². The quantitative estimate of drug-likeness (QED) is 0.709. The molecule has 0 saturated carbocycles. The van der Waals surface area contributed by atoms with Gasteiger partial charge in [-0.3, -0.25) is 0 Å². The number of halogens is 2. The molecule has 72 valence electrons. The van der Waals surface area contributed by atoms with Gasteiger partial charge in [0.2, 0.25) is 0 Å². The molecule has 1 aromatic rings. The summed E-state index contributed by atoms with van der Waals surface area (Å²) in [4.78, 5) is 0.497. The monoisotopic (exact) mass is 244 g/mol. The van der Waals surface area contributed by atoms with Crippen LogP contribution in [0.5, 0.6) is 0 Å². The van der Waals surface area contributed by atoms with Gasteiger partial charge in [0, 0.05) is 4.83 Å². The summed E-state index contributed by atoms with van der Waals surface area (Å²) < 4.78 is 13.1. The van der Waals surface area contributed by atoms with Gasteiger partial charge in [-0.05, 0) is 37.0 Å². The topological polar surface area (TPSA) is 0 Å². The SMILES string of the molecule is Cc1ccc(CCC(C)Br)cc1F. The summed E-state index contributed by atoms with van der Waals surface area (Å²) in [5.74, 6) is -0.0975. The number of alkyl halides is 1. The lowest BCUT2D eigenvalue weighted by Gasteiger charge is -2.04. The molecule has 0 aromatic heterocycles. The van der Waals surface area contributed by atoms with Gasteiger partial charge in [-0.15, -0.1) is 0 Å². The van der Waals surface area contributed by atoms with Crippen LogP contribution >= 0.6 is 15.9 Å². The fourth-order valence-electron chi connectivity index (χ4n) is 1.16. The Morgan fingerprint density at radius 1 is 1.46 bits per heavy atom. The molecule has 0 bridgehead atoms. The van der Waals surface area contributed by atoms with Crippen LogP contribution in [0.2, 0.25) is 0 Å². The van der Waals surface area contributed by atoms with Gasteiger partial charge in [0.15, 0.2) is 0 Å². The van der Waals surface area contributed by atoms with Gasteiger partial charge in [-0.25, -0.2) is 4.39 Å². The van der Waals surface area contributed by atoms with Gasteiger partial charge in [0.05, 0.1) is 0 Å². The van der Waals surface area contributed by atoms with E-state index in [1.807, 2.05) is 12.1 Å². The highest BCUT2D eigenvalue weighted by atomic mass is 79.9. The smallest absolute Gasteiger partial charge is 0.126 e. The number of hydrogen-bond acceptors (Lipinski definition) is 0. The largest absolute Gasteiger partial charge is 0.207 e. The number of benzene rings is 1. The molecule has 1 atom stereocenters. The molecule has 0 aliphatic carbocycles. The maximum atomic E-state index is 13.1. The molecule has 0 saturated heterocycles. The average Bonchev–Trinajstić information content (AvgIpc) is 2.07. The van der Waals surface area contributed by atoms with E-state index in [1.165, 1.54) is 0 Å². The third-order valence-corrected chi connectivity index (χ3v) is 2.52. The van der Waals surface area contributed by atoms with Crippen LogP contribution in [0.4, 0.5) is 4.39 Å². The van der Waals surface area contributed by atoms with Crippen molar-refractivity contribution in [3.8, 4) is 0 Å². The summed E-state index contributed by atoms with van der Waals surface area (Å²) in [7, 11) is 0. The molecule has 0 aliphatic rings. The second kappa shape index (κ2) is 4.75. The van der Waals surface area contributed by atoms with Crippen LogP contribution in [0, 0.1) is 12.7 Å². The Hall–Kier alpha value is -0.370. The Morgan fingerprint density at radius 2 is 2.15 bits per heavy atom. The highest BCUT2D eigenvalue weighted by Crippen LogP contribution is 2.13. The molecule has 0 nitrogen and oxygen atoms in total. The van der Waals surface area contributed by atoms with Crippen molar-refractivity contribution in [2.75, 3.05) is 0 Å². The first-order chi connectivity index (χ1) is 6.09.